The maximum absolute atomic E-state index is 13.7. The van der Waals surface area contributed by atoms with E-state index in [-0.39, 0.29) is 37.1 Å². The van der Waals surface area contributed by atoms with E-state index in [4.69, 9.17) is 4.74 Å². The van der Waals surface area contributed by atoms with Gasteiger partial charge >= 0.3 is 0 Å². The van der Waals surface area contributed by atoms with Crippen LogP contribution in [0, 0.1) is 11.7 Å². The fraction of sp³-hybridized carbons (Fsp3) is 0.300. The Balaban J connectivity index is 1.66. The van der Waals surface area contributed by atoms with Crippen molar-refractivity contribution in [1.29, 1.82) is 0 Å². The van der Waals surface area contributed by atoms with Gasteiger partial charge in [-0.15, -0.1) is 0 Å². The Morgan fingerprint density at radius 2 is 1.96 bits per heavy atom. The number of carbonyl (C=O) groups is 2. The predicted molar refractivity (Wildman–Crippen MR) is 96.3 cm³/mol. The molecule has 1 atom stereocenters. The first-order chi connectivity index (χ1) is 12.6. The number of hydrogen-bond donors (Lipinski definition) is 1. The lowest BCUT2D eigenvalue weighted by Gasteiger charge is -2.20. The van der Waals surface area contributed by atoms with Gasteiger partial charge in [0.25, 0.3) is 0 Å². The Kier molecular flexibility index (Phi) is 5.51. The highest BCUT2D eigenvalue weighted by Crippen LogP contribution is 2.33. The summed E-state index contributed by atoms with van der Waals surface area (Å²) in [4.78, 5) is 26.4. The van der Waals surface area contributed by atoms with E-state index in [0.29, 0.717) is 23.6 Å². The van der Waals surface area contributed by atoms with Crippen molar-refractivity contribution in [2.45, 2.75) is 19.9 Å². The minimum Gasteiger partial charge on any atom is -0.492 e. The predicted octanol–water partition coefficient (Wildman–Crippen LogP) is 2.89. The molecule has 2 aromatic rings. The van der Waals surface area contributed by atoms with Crippen LogP contribution >= 0.6 is 0 Å². The molecule has 136 valence electrons. The summed E-state index contributed by atoms with van der Waals surface area (Å²) in [5.41, 5.74) is 1.09. The topological polar surface area (TPSA) is 58.6 Å². The standard InChI is InChI=1S/C20H21FN2O3/c1-2-26-18-10-6-5-9-17(18)23-13-15(11-19(23)24)20(25)22-12-14-7-3-4-8-16(14)21/h3-10,15H,2,11-13H2,1H3,(H,22,25)/t15-/m1/s1. The molecule has 0 unspecified atom stereocenters. The van der Waals surface area contributed by atoms with E-state index >= 15 is 0 Å². The molecule has 0 aromatic heterocycles. The second kappa shape index (κ2) is 7.99. The van der Waals surface area contributed by atoms with Crippen LogP contribution in [-0.2, 0) is 16.1 Å². The molecule has 1 aliphatic heterocycles. The summed E-state index contributed by atoms with van der Waals surface area (Å²) in [7, 11) is 0. The third-order valence-electron chi connectivity index (χ3n) is 4.36. The Morgan fingerprint density at radius 1 is 1.23 bits per heavy atom. The molecule has 0 bridgehead atoms. The molecule has 5 nitrogen and oxygen atoms in total. The van der Waals surface area contributed by atoms with Crippen molar-refractivity contribution in [3.63, 3.8) is 0 Å². The van der Waals surface area contributed by atoms with Gasteiger partial charge in [0.15, 0.2) is 0 Å². The van der Waals surface area contributed by atoms with E-state index in [1.54, 1.807) is 29.2 Å². The molecule has 1 N–H and O–H groups in total. The van der Waals surface area contributed by atoms with Gasteiger partial charge in [0.05, 0.1) is 18.2 Å². The van der Waals surface area contributed by atoms with E-state index in [9.17, 15) is 14.0 Å². The van der Waals surface area contributed by atoms with E-state index in [2.05, 4.69) is 5.32 Å². The Hall–Kier alpha value is -2.89. The van der Waals surface area contributed by atoms with Gasteiger partial charge in [-0.3, -0.25) is 9.59 Å². The number of benzene rings is 2. The number of para-hydroxylation sites is 2. The fourth-order valence-corrected chi connectivity index (χ4v) is 3.04. The summed E-state index contributed by atoms with van der Waals surface area (Å²) in [6.45, 7) is 2.75. The molecule has 2 aromatic carbocycles. The number of rotatable bonds is 6. The summed E-state index contributed by atoms with van der Waals surface area (Å²) >= 11 is 0. The van der Waals surface area contributed by atoms with Crippen LogP contribution in [-0.4, -0.2) is 25.0 Å². The van der Waals surface area contributed by atoms with Crippen molar-refractivity contribution in [3.8, 4) is 5.75 Å². The monoisotopic (exact) mass is 356 g/mol. The van der Waals surface area contributed by atoms with Crippen LogP contribution in [0.2, 0.25) is 0 Å². The molecule has 1 aliphatic rings. The lowest BCUT2D eigenvalue weighted by Crippen LogP contribution is -2.33. The maximum Gasteiger partial charge on any atom is 0.227 e. The number of nitrogens with one attached hydrogen (secondary N) is 1. The summed E-state index contributed by atoms with van der Waals surface area (Å²) in [6, 6.07) is 13.6. The lowest BCUT2D eigenvalue weighted by molar-refractivity contribution is -0.126. The van der Waals surface area contributed by atoms with E-state index in [1.807, 2.05) is 25.1 Å². The SMILES string of the molecule is CCOc1ccccc1N1C[C@H](C(=O)NCc2ccccc2F)CC1=O. The van der Waals surface area contributed by atoms with Crippen molar-refractivity contribution < 1.29 is 18.7 Å². The van der Waals surface area contributed by atoms with E-state index < -0.39 is 5.92 Å². The molecular formula is C20H21FN2O3. The Morgan fingerprint density at radius 3 is 2.73 bits per heavy atom. The van der Waals surface area contributed by atoms with Gasteiger partial charge in [-0.1, -0.05) is 30.3 Å². The summed E-state index contributed by atoms with van der Waals surface area (Å²) in [6.07, 6.45) is 0.129. The molecule has 2 amide bonds. The number of hydrogen-bond acceptors (Lipinski definition) is 3. The van der Waals surface area contributed by atoms with Gasteiger partial charge in [0.1, 0.15) is 11.6 Å². The van der Waals surface area contributed by atoms with Crippen LogP contribution in [0.1, 0.15) is 18.9 Å². The largest absolute Gasteiger partial charge is 0.492 e. The van der Waals surface area contributed by atoms with Gasteiger partial charge in [0, 0.05) is 25.1 Å². The van der Waals surface area contributed by atoms with Crippen LogP contribution in [0.15, 0.2) is 48.5 Å². The van der Waals surface area contributed by atoms with Crippen LogP contribution in [0.25, 0.3) is 0 Å². The zero-order chi connectivity index (χ0) is 18.5. The summed E-state index contributed by atoms with van der Waals surface area (Å²) in [5, 5.41) is 2.72. The van der Waals surface area contributed by atoms with Crippen molar-refractivity contribution in [1.82, 2.24) is 5.32 Å². The van der Waals surface area contributed by atoms with Crippen molar-refractivity contribution in [3.05, 3.63) is 59.9 Å². The minimum absolute atomic E-state index is 0.103. The molecule has 0 spiro atoms. The minimum atomic E-state index is -0.469. The zero-order valence-electron chi connectivity index (χ0n) is 14.6. The highest BCUT2D eigenvalue weighted by Gasteiger charge is 2.36. The van der Waals surface area contributed by atoms with E-state index in [0.717, 1.165) is 0 Å². The maximum atomic E-state index is 13.7. The fourth-order valence-electron chi connectivity index (χ4n) is 3.04. The van der Waals surface area contributed by atoms with Crippen LogP contribution in [0.3, 0.4) is 0 Å². The van der Waals surface area contributed by atoms with Gasteiger partial charge < -0.3 is 15.0 Å². The molecule has 1 heterocycles. The number of halogens is 1. The Bertz CT molecular complexity index is 809. The first kappa shape index (κ1) is 17.9. The second-order valence-electron chi connectivity index (χ2n) is 6.12. The van der Waals surface area contributed by atoms with E-state index in [1.165, 1.54) is 6.07 Å². The molecule has 26 heavy (non-hydrogen) atoms. The summed E-state index contributed by atoms with van der Waals surface area (Å²) < 4.78 is 19.2. The molecule has 1 fully saturated rings. The molecule has 0 radical (unpaired) electrons. The van der Waals surface area contributed by atoms with Crippen LogP contribution < -0.4 is 15.0 Å². The average Bonchev–Trinajstić information content (AvgIpc) is 3.03. The zero-order valence-corrected chi connectivity index (χ0v) is 14.6. The van der Waals surface area contributed by atoms with Crippen molar-refractivity contribution in [2.75, 3.05) is 18.1 Å². The first-order valence-electron chi connectivity index (χ1n) is 8.63. The Labute approximate surface area is 151 Å². The van der Waals surface area contributed by atoms with Gasteiger partial charge in [-0.2, -0.15) is 0 Å². The lowest BCUT2D eigenvalue weighted by atomic mass is 10.1. The first-order valence-corrected chi connectivity index (χ1v) is 8.63. The normalized spacial score (nSPS) is 16.6. The molecule has 3 rings (SSSR count). The third kappa shape index (κ3) is 3.85. The molecule has 1 saturated heterocycles. The summed E-state index contributed by atoms with van der Waals surface area (Å²) in [5.74, 6) is -0.580. The van der Waals surface area contributed by atoms with Gasteiger partial charge in [0.2, 0.25) is 11.8 Å². The number of ether oxygens (including phenoxy) is 1. The number of carbonyl (C=O) groups excluding carboxylic acids is 2. The van der Waals surface area contributed by atoms with Crippen LogP contribution in [0.5, 0.6) is 5.75 Å². The quantitative estimate of drug-likeness (QED) is 0.866. The van der Waals surface area contributed by atoms with Gasteiger partial charge in [-0.05, 0) is 25.1 Å². The second-order valence-corrected chi connectivity index (χ2v) is 6.12. The number of amides is 2. The molecular weight excluding hydrogens is 335 g/mol. The van der Waals surface area contributed by atoms with Crippen molar-refractivity contribution in [2.24, 2.45) is 5.92 Å². The highest BCUT2D eigenvalue weighted by molar-refractivity contribution is 6.01. The smallest absolute Gasteiger partial charge is 0.227 e. The number of anilines is 1. The number of nitrogens with zero attached hydrogens (tertiary/aromatic N) is 1. The molecule has 6 heteroatoms. The van der Waals surface area contributed by atoms with Crippen molar-refractivity contribution >= 4 is 17.5 Å². The van der Waals surface area contributed by atoms with Crippen LogP contribution in [0.4, 0.5) is 10.1 Å². The highest BCUT2D eigenvalue weighted by atomic mass is 19.1. The molecule has 0 saturated carbocycles. The average molecular weight is 356 g/mol. The van der Waals surface area contributed by atoms with Gasteiger partial charge in [-0.25, -0.2) is 4.39 Å². The molecule has 0 aliphatic carbocycles. The third-order valence-corrected chi connectivity index (χ3v) is 4.36.